The van der Waals surface area contributed by atoms with Crippen LogP contribution in [-0.4, -0.2) is 28.1 Å². The predicted molar refractivity (Wildman–Crippen MR) is 135 cm³/mol. The van der Waals surface area contributed by atoms with Crippen LogP contribution in [0.2, 0.25) is 0 Å². The number of ether oxygens (including phenoxy) is 1. The van der Waals surface area contributed by atoms with Crippen molar-refractivity contribution in [2.45, 2.75) is 39.7 Å². The Kier molecular flexibility index (Phi) is 12.2. The Morgan fingerprint density at radius 1 is 1.28 bits per heavy atom. The molecule has 0 aliphatic rings. The molecule has 0 bridgehead atoms. The normalized spacial score (nSPS) is 14.7. The molecule has 0 spiro atoms. The fourth-order valence-corrected chi connectivity index (χ4v) is 2.80. The maximum atomic E-state index is 14.0. The van der Waals surface area contributed by atoms with Gasteiger partial charge >= 0.3 is 0 Å². The number of hydrogen-bond acceptors (Lipinski definition) is 7. The predicted octanol–water partition coefficient (Wildman–Crippen LogP) is 5.80. The maximum absolute atomic E-state index is 14.0. The molecule has 1 heterocycles. The highest BCUT2D eigenvalue weighted by Crippen LogP contribution is 2.23. The van der Waals surface area contributed by atoms with E-state index in [1.54, 1.807) is 6.92 Å². The fourth-order valence-electron chi connectivity index (χ4n) is 2.52. The van der Waals surface area contributed by atoms with Crippen LogP contribution < -0.4 is 11.2 Å². The van der Waals surface area contributed by atoms with Gasteiger partial charge in [0.15, 0.2) is 0 Å². The van der Waals surface area contributed by atoms with Crippen molar-refractivity contribution in [2.24, 2.45) is 10.7 Å². The highest BCUT2D eigenvalue weighted by atomic mass is 35.5. The van der Waals surface area contributed by atoms with Crippen molar-refractivity contribution in [2.75, 3.05) is 6.61 Å². The summed E-state index contributed by atoms with van der Waals surface area (Å²) >= 11 is 6.35. The second-order valence-corrected chi connectivity index (χ2v) is 8.48. The van der Waals surface area contributed by atoms with Crippen molar-refractivity contribution in [3.05, 3.63) is 94.1 Å². The highest BCUT2D eigenvalue weighted by molar-refractivity contribution is 6.31. The van der Waals surface area contributed by atoms with Gasteiger partial charge in [0.1, 0.15) is 34.5 Å². The maximum Gasteiger partial charge on any atom is 0.147 e. The Labute approximate surface area is 213 Å². The number of hydrogen-bond donors (Lipinski definition) is 4. The number of rotatable bonds is 12. The van der Waals surface area contributed by atoms with Crippen molar-refractivity contribution >= 4 is 23.5 Å². The molecule has 0 saturated heterocycles. The van der Waals surface area contributed by atoms with Gasteiger partial charge in [0.2, 0.25) is 0 Å². The van der Waals surface area contributed by atoms with Gasteiger partial charge in [-0.25, -0.2) is 18.2 Å². The smallest absolute Gasteiger partial charge is 0.147 e. The van der Waals surface area contributed by atoms with Gasteiger partial charge in [0.05, 0.1) is 23.0 Å². The third kappa shape index (κ3) is 10.5. The van der Waals surface area contributed by atoms with Crippen LogP contribution in [0.5, 0.6) is 0 Å². The van der Waals surface area contributed by atoms with E-state index in [0.717, 1.165) is 0 Å². The van der Waals surface area contributed by atoms with Gasteiger partial charge in [-0.1, -0.05) is 18.2 Å². The largest absolute Gasteiger partial charge is 0.492 e. The van der Waals surface area contributed by atoms with Gasteiger partial charge in [-0.05, 0) is 51.5 Å². The summed E-state index contributed by atoms with van der Waals surface area (Å²) in [5.74, 6) is -2.26. The summed E-state index contributed by atoms with van der Waals surface area (Å²) in [6, 6.07) is 2.56. The first kappa shape index (κ1) is 30.7. The number of nitrogens with zero attached hydrogens (tertiary/aromatic N) is 2. The summed E-state index contributed by atoms with van der Waals surface area (Å²) in [6.07, 6.45) is 5.32. The number of hydroxylamine groups is 1. The molecule has 0 aliphatic heterocycles. The molecule has 0 fully saturated rings. The standard InChI is InChI=1S/C25H30ClF3N4O3/c1-15(14-31-17(3)22-7-6-21(29)24(32-22)25(4,5)34)10-20(26)23(11-16(2)33-35)36-9-8-18(27)12-19(28)13-30/h6-7,10-14,33-35H,3,8-9,30H2,1-2,4-5H3/b15-10+,16-11-,18-12+,19-13+,23-20-,31-14?. The summed E-state index contributed by atoms with van der Waals surface area (Å²) in [7, 11) is 0. The molecule has 0 saturated carbocycles. The van der Waals surface area contributed by atoms with Crippen molar-refractivity contribution < 1.29 is 28.2 Å². The van der Waals surface area contributed by atoms with Crippen LogP contribution in [0.25, 0.3) is 5.70 Å². The lowest BCUT2D eigenvalue weighted by Gasteiger charge is -2.18. The van der Waals surface area contributed by atoms with E-state index in [4.69, 9.17) is 27.3 Å². The van der Waals surface area contributed by atoms with E-state index in [9.17, 15) is 18.3 Å². The topological polar surface area (TPSA) is 113 Å². The molecule has 0 aliphatic carbocycles. The fraction of sp³-hybridized carbons (Fsp3) is 0.280. The number of allylic oxidation sites excluding steroid dienone is 7. The minimum Gasteiger partial charge on any atom is -0.492 e. The van der Waals surface area contributed by atoms with E-state index >= 15 is 0 Å². The van der Waals surface area contributed by atoms with Gasteiger partial charge in [0, 0.05) is 36.7 Å². The molecule has 1 aromatic heterocycles. The average molecular weight is 527 g/mol. The van der Waals surface area contributed by atoms with Gasteiger partial charge in [-0.3, -0.25) is 15.7 Å². The van der Waals surface area contributed by atoms with Gasteiger partial charge in [0.25, 0.3) is 0 Å². The second-order valence-electron chi connectivity index (χ2n) is 8.07. The molecule has 196 valence electrons. The van der Waals surface area contributed by atoms with Crippen LogP contribution in [0, 0.1) is 5.82 Å². The number of halogens is 4. The minimum atomic E-state index is -1.49. The molecular weight excluding hydrogens is 497 g/mol. The lowest BCUT2D eigenvalue weighted by molar-refractivity contribution is 0.0694. The molecule has 1 rings (SSSR count). The van der Waals surface area contributed by atoms with Crippen molar-refractivity contribution in [1.82, 2.24) is 10.5 Å². The highest BCUT2D eigenvalue weighted by Gasteiger charge is 2.23. The average Bonchev–Trinajstić information content (AvgIpc) is 2.80. The summed E-state index contributed by atoms with van der Waals surface area (Å²) in [6.45, 7) is 9.68. The zero-order valence-electron chi connectivity index (χ0n) is 20.4. The van der Waals surface area contributed by atoms with Crippen LogP contribution in [-0.2, 0) is 10.3 Å². The molecular formula is C25H30ClF3N4O3. The van der Waals surface area contributed by atoms with E-state index in [1.807, 2.05) is 5.48 Å². The van der Waals surface area contributed by atoms with Crippen LogP contribution in [0.4, 0.5) is 13.2 Å². The van der Waals surface area contributed by atoms with Gasteiger partial charge in [-0.2, -0.15) is 0 Å². The van der Waals surface area contributed by atoms with E-state index < -0.39 is 23.1 Å². The first-order valence-electron chi connectivity index (χ1n) is 10.6. The molecule has 11 heteroatoms. The van der Waals surface area contributed by atoms with Crippen LogP contribution in [0.1, 0.15) is 45.5 Å². The number of aromatic nitrogens is 1. The Morgan fingerprint density at radius 3 is 2.53 bits per heavy atom. The molecule has 0 unspecified atom stereocenters. The van der Waals surface area contributed by atoms with Crippen LogP contribution in [0.3, 0.4) is 0 Å². The Balaban J connectivity index is 3.10. The Bertz CT molecular complexity index is 1130. The summed E-state index contributed by atoms with van der Waals surface area (Å²) < 4.78 is 46.2. The first-order valence-corrected chi connectivity index (χ1v) is 11.0. The molecule has 5 N–H and O–H groups in total. The van der Waals surface area contributed by atoms with Gasteiger partial charge < -0.3 is 15.6 Å². The third-order valence-electron chi connectivity index (χ3n) is 4.31. The van der Waals surface area contributed by atoms with Gasteiger partial charge in [-0.15, -0.1) is 0 Å². The van der Waals surface area contributed by atoms with Crippen molar-refractivity contribution in [3.63, 3.8) is 0 Å². The Morgan fingerprint density at radius 2 is 1.94 bits per heavy atom. The van der Waals surface area contributed by atoms with E-state index in [0.29, 0.717) is 17.8 Å². The zero-order chi connectivity index (χ0) is 27.5. The monoisotopic (exact) mass is 526 g/mol. The van der Waals surface area contributed by atoms with Crippen LogP contribution >= 0.6 is 11.6 Å². The second kappa shape index (κ2) is 14.3. The number of aliphatic imine (C=N–C) groups is 1. The summed E-state index contributed by atoms with van der Waals surface area (Å²) in [4.78, 5) is 8.31. The number of nitrogens with two attached hydrogens (primary N) is 1. The lowest BCUT2D eigenvalue weighted by Crippen LogP contribution is -2.20. The Hall–Kier alpha value is -3.34. The summed E-state index contributed by atoms with van der Waals surface area (Å²) in [5.41, 5.74) is 6.60. The van der Waals surface area contributed by atoms with Crippen molar-refractivity contribution in [1.29, 1.82) is 0 Å². The molecule has 36 heavy (non-hydrogen) atoms. The first-order chi connectivity index (χ1) is 16.8. The lowest BCUT2D eigenvalue weighted by atomic mass is 10.0. The minimum absolute atomic E-state index is 0.0972. The van der Waals surface area contributed by atoms with Crippen molar-refractivity contribution in [3.8, 4) is 0 Å². The number of pyridine rings is 1. The van der Waals surface area contributed by atoms with E-state index in [1.165, 1.54) is 51.3 Å². The third-order valence-corrected chi connectivity index (χ3v) is 4.61. The number of nitrogens with one attached hydrogen (secondary N) is 1. The molecule has 1 aromatic rings. The van der Waals surface area contributed by atoms with E-state index in [2.05, 4.69) is 16.6 Å². The molecule has 7 nitrogen and oxygen atoms in total. The molecule has 0 radical (unpaired) electrons. The van der Waals surface area contributed by atoms with Crippen LogP contribution in [0.15, 0.2) is 81.8 Å². The van der Waals surface area contributed by atoms with E-state index in [-0.39, 0.29) is 46.6 Å². The molecule has 0 aromatic carbocycles. The SMILES string of the molecule is C=C(N=C/C(C)=C/C(Cl)=C(\C=C(\C)NO)OCC/C(F)=C\C(F)=C/N)c1ccc(F)c(C(C)(C)O)n1. The summed E-state index contributed by atoms with van der Waals surface area (Å²) in [5, 5.41) is 19.2. The molecule has 0 amide bonds. The molecule has 0 atom stereocenters. The quantitative estimate of drug-likeness (QED) is 0.118. The zero-order valence-corrected chi connectivity index (χ0v) is 21.2. The number of aliphatic hydroxyl groups is 1.